The van der Waals surface area contributed by atoms with Crippen molar-refractivity contribution in [2.75, 3.05) is 0 Å². The SMILES string of the molecule is CC(C)n1nc(Cl)c2cnccc21. The molecule has 0 spiro atoms. The van der Waals surface area contributed by atoms with Gasteiger partial charge in [-0.3, -0.25) is 9.67 Å². The van der Waals surface area contributed by atoms with Crippen molar-refractivity contribution in [3.05, 3.63) is 23.6 Å². The van der Waals surface area contributed by atoms with Crippen LogP contribution in [0.5, 0.6) is 0 Å². The van der Waals surface area contributed by atoms with Crippen molar-refractivity contribution in [3.8, 4) is 0 Å². The van der Waals surface area contributed by atoms with E-state index in [9.17, 15) is 0 Å². The molecule has 0 atom stereocenters. The number of pyridine rings is 1. The maximum atomic E-state index is 5.95. The quantitative estimate of drug-likeness (QED) is 0.701. The van der Waals surface area contributed by atoms with E-state index in [1.54, 1.807) is 12.4 Å². The van der Waals surface area contributed by atoms with E-state index in [1.165, 1.54) is 0 Å². The van der Waals surface area contributed by atoms with Crippen LogP contribution in [0, 0.1) is 0 Å². The summed E-state index contributed by atoms with van der Waals surface area (Å²) in [6.07, 6.45) is 3.49. The number of hydrogen-bond donors (Lipinski definition) is 0. The predicted octanol–water partition coefficient (Wildman–Crippen LogP) is 2.67. The Balaban J connectivity index is 2.78. The fourth-order valence-electron chi connectivity index (χ4n) is 1.34. The molecule has 3 nitrogen and oxygen atoms in total. The van der Waals surface area contributed by atoms with Gasteiger partial charge >= 0.3 is 0 Å². The van der Waals surface area contributed by atoms with Crippen LogP contribution >= 0.6 is 11.6 Å². The summed E-state index contributed by atoms with van der Waals surface area (Å²) in [4.78, 5) is 4.01. The summed E-state index contributed by atoms with van der Waals surface area (Å²) < 4.78 is 1.90. The van der Waals surface area contributed by atoms with Crippen LogP contribution in [0.3, 0.4) is 0 Å². The summed E-state index contributed by atoms with van der Waals surface area (Å²) >= 11 is 5.95. The molecule has 0 N–H and O–H groups in total. The highest BCUT2D eigenvalue weighted by molar-refractivity contribution is 6.34. The number of rotatable bonds is 1. The van der Waals surface area contributed by atoms with E-state index in [1.807, 2.05) is 10.7 Å². The van der Waals surface area contributed by atoms with E-state index in [-0.39, 0.29) is 0 Å². The van der Waals surface area contributed by atoms with Crippen LogP contribution in [0.25, 0.3) is 10.9 Å². The lowest BCUT2D eigenvalue weighted by atomic mass is 10.3. The number of aromatic nitrogens is 3. The molecule has 0 saturated carbocycles. The molecule has 68 valence electrons. The van der Waals surface area contributed by atoms with Crippen LogP contribution in [0.1, 0.15) is 19.9 Å². The first kappa shape index (κ1) is 8.51. The Hall–Kier alpha value is -1.09. The third kappa shape index (κ3) is 1.29. The zero-order valence-electron chi connectivity index (χ0n) is 7.53. The predicted molar refractivity (Wildman–Crippen MR) is 52.9 cm³/mol. The van der Waals surface area contributed by atoms with Gasteiger partial charge in [0.15, 0.2) is 5.15 Å². The summed E-state index contributed by atoms with van der Waals surface area (Å²) in [6, 6.07) is 2.24. The van der Waals surface area contributed by atoms with Gasteiger partial charge < -0.3 is 0 Å². The van der Waals surface area contributed by atoms with Crippen LogP contribution in [0.4, 0.5) is 0 Å². The van der Waals surface area contributed by atoms with Crippen molar-refractivity contribution in [2.45, 2.75) is 19.9 Å². The second-order valence-electron chi connectivity index (χ2n) is 3.22. The molecule has 0 amide bonds. The van der Waals surface area contributed by atoms with Gasteiger partial charge in [0.2, 0.25) is 0 Å². The van der Waals surface area contributed by atoms with Crippen LogP contribution in [-0.4, -0.2) is 14.8 Å². The largest absolute Gasteiger partial charge is 0.264 e. The Bertz CT molecular complexity index is 433. The van der Waals surface area contributed by atoms with Crippen molar-refractivity contribution >= 4 is 22.5 Å². The first-order valence-electron chi connectivity index (χ1n) is 4.18. The van der Waals surface area contributed by atoms with Gasteiger partial charge in [0.25, 0.3) is 0 Å². The van der Waals surface area contributed by atoms with Crippen LogP contribution in [0.2, 0.25) is 5.15 Å². The smallest absolute Gasteiger partial charge is 0.160 e. The highest BCUT2D eigenvalue weighted by Crippen LogP contribution is 2.23. The summed E-state index contributed by atoms with van der Waals surface area (Å²) in [5, 5.41) is 5.67. The Labute approximate surface area is 81.3 Å². The maximum absolute atomic E-state index is 5.95. The molecule has 0 saturated heterocycles. The van der Waals surface area contributed by atoms with E-state index >= 15 is 0 Å². The Morgan fingerprint density at radius 2 is 2.23 bits per heavy atom. The number of fused-ring (bicyclic) bond motifs is 1. The van der Waals surface area contributed by atoms with Crippen molar-refractivity contribution < 1.29 is 0 Å². The molecule has 2 rings (SSSR count). The molecule has 0 aliphatic rings. The summed E-state index contributed by atoms with van der Waals surface area (Å²) in [5.74, 6) is 0. The number of hydrogen-bond acceptors (Lipinski definition) is 2. The molecule has 0 unspecified atom stereocenters. The molecule has 0 aromatic carbocycles. The van der Waals surface area contributed by atoms with Gasteiger partial charge in [0, 0.05) is 18.4 Å². The average molecular weight is 196 g/mol. The normalized spacial score (nSPS) is 11.4. The van der Waals surface area contributed by atoms with Crippen LogP contribution in [0.15, 0.2) is 18.5 Å². The first-order chi connectivity index (χ1) is 6.20. The molecule has 0 radical (unpaired) electrons. The molecule has 2 aromatic heterocycles. The number of halogens is 1. The molecular weight excluding hydrogens is 186 g/mol. The van der Waals surface area contributed by atoms with Gasteiger partial charge in [-0.2, -0.15) is 5.10 Å². The van der Waals surface area contributed by atoms with Crippen molar-refractivity contribution in [2.24, 2.45) is 0 Å². The standard InChI is InChI=1S/C9H10ClN3/c1-6(2)13-8-3-4-11-5-7(8)9(10)12-13/h3-6H,1-2H3. The van der Waals surface area contributed by atoms with E-state index < -0.39 is 0 Å². The highest BCUT2D eigenvalue weighted by atomic mass is 35.5. The average Bonchev–Trinajstić information content (AvgIpc) is 2.45. The molecule has 0 bridgehead atoms. The molecule has 13 heavy (non-hydrogen) atoms. The van der Waals surface area contributed by atoms with Gasteiger partial charge in [-0.05, 0) is 19.9 Å². The minimum absolute atomic E-state index is 0.317. The summed E-state index contributed by atoms with van der Waals surface area (Å²) in [7, 11) is 0. The zero-order chi connectivity index (χ0) is 9.42. The lowest BCUT2D eigenvalue weighted by Crippen LogP contribution is -2.01. The lowest BCUT2D eigenvalue weighted by Gasteiger charge is -2.05. The minimum Gasteiger partial charge on any atom is -0.264 e. The molecule has 0 fully saturated rings. The maximum Gasteiger partial charge on any atom is 0.160 e. The highest BCUT2D eigenvalue weighted by Gasteiger charge is 2.09. The lowest BCUT2D eigenvalue weighted by molar-refractivity contribution is 0.551. The van der Waals surface area contributed by atoms with Gasteiger partial charge in [0.1, 0.15) is 0 Å². The molecule has 0 aliphatic heterocycles. The topological polar surface area (TPSA) is 30.7 Å². The fraction of sp³-hybridized carbons (Fsp3) is 0.333. The van der Waals surface area contributed by atoms with Crippen molar-refractivity contribution in [3.63, 3.8) is 0 Å². The van der Waals surface area contributed by atoms with Gasteiger partial charge in [-0.25, -0.2) is 0 Å². The van der Waals surface area contributed by atoms with Gasteiger partial charge in [0.05, 0.1) is 10.9 Å². The second-order valence-corrected chi connectivity index (χ2v) is 3.58. The molecule has 2 heterocycles. The van der Waals surface area contributed by atoms with Crippen molar-refractivity contribution in [1.29, 1.82) is 0 Å². The molecular formula is C9H10ClN3. The van der Waals surface area contributed by atoms with E-state index in [0.29, 0.717) is 11.2 Å². The second kappa shape index (κ2) is 3.00. The van der Waals surface area contributed by atoms with E-state index in [2.05, 4.69) is 23.9 Å². The molecule has 0 aliphatic carbocycles. The molecule has 4 heteroatoms. The van der Waals surface area contributed by atoms with E-state index in [4.69, 9.17) is 11.6 Å². The summed E-state index contributed by atoms with van der Waals surface area (Å²) in [5.41, 5.74) is 1.04. The van der Waals surface area contributed by atoms with Crippen LogP contribution in [-0.2, 0) is 0 Å². The monoisotopic (exact) mass is 195 g/mol. The minimum atomic E-state index is 0.317. The third-order valence-electron chi connectivity index (χ3n) is 1.95. The van der Waals surface area contributed by atoms with Gasteiger partial charge in [-0.15, -0.1) is 0 Å². The van der Waals surface area contributed by atoms with Crippen LogP contribution < -0.4 is 0 Å². The fourth-order valence-corrected chi connectivity index (χ4v) is 1.57. The Kier molecular flexibility index (Phi) is 1.96. The van der Waals surface area contributed by atoms with Gasteiger partial charge in [-0.1, -0.05) is 11.6 Å². The Morgan fingerprint density at radius 1 is 1.46 bits per heavy atom. The molecule has 2 aromatic rings. The Morgan fingerprint density at radius 3 is 2.92 bits per heavy atom. The first-order valence-corrected chi connectivity index (χ1v) is 4.55. The summed E-state index contributed by atoms with van der Waals surface area (Å²) in [6.45, 7) is 4.15. The van der Waals surface area contributed by atoms with Crippen molar-refractivity contribution in [1.82, 2.24) is 14.8 Å². The third-order valence-corrected chi connectivity index (χ3v) is 2.23. The zero-order valence-corrected chi connectivity index (χ0v) is 8.28. The number of nitrogens with zero attached hydrogens (tertiary/aromatic N) is 3. The van der Waals surface area contributed by atoms with E-state index in [0.717, 1.165) is 10.9 Å².